The highest BCUT2D eigenvalue weighted by atomic mass is 32.2. The van der Waals surface area contributed by atoms with E-state index in [4.69, 9.17) is 4.98 Å². The Morgan fingerprint density at radius 1 is 0.941 bits per heavy atom. The van der Waals surface area contributed by atoms with Gasteiger partial charge in [-0.1, -0.05) is 42.8 Å². The summed E-state index contributed by atoms with van der Waals surface area (Å²) < 4.78 is 2.44. The molecular formula is C26H29N7S. The summed E-state index contributed by atoms with van der Waals surface area (Å²) in [6.45, 7) is 4.05. The molecule has 1 aliphatic carbocycles. The van der Waals surface area contributed by atoms with Gasteiger partial charge in [-0.25, -0.2) is 9.97 Å². The zero-order valence-corrected chi connectivity index (χ0v) is 20.0. The predicted octanol–water partition coefficient (Wildman–Crippen LogP) is 5.25. The van der Waals surface area contributed by atoms with Crippen LogP contribution in [0.25, 0.3) is 11.0 Å². The molecule has 2 aliphatic rings. The van der Waals surface area contributed by atoms with E-state index in [0.29, 0.717) is 12.0 Å². The Balaban J connectivity index is 1.28. The minimum atomic E-state index is 0.489. The number of piperazine rings is 1. The van der Waals surface area contributed by atoms with Crippen LogP contribution >= 0.6 is 11.8 Å². The number of pyridine rings is 1. The SMILES string of the molecule is c1ccc(Sc2cc3cnc(Nc4ccc(N5CCNCC5)cn4)nc3n2C2CCCC2)cc1. The third-order valence-electron chi connectivity index (χ3n) is 6.67. The molecule has 174 valence electrons. The van der Waals surface area contributed by atoms with Gasteiger partial charge in [0.2, 0.25) is 5.95 Å². The number of anilines is 3. The summed E-state index contributed by atoms with van der Waals surface area (Å²) in [6, 6.07) is 17.4. The lowest BCUT2D eigenvalue weighted by atomic mass is 10.2. The van der Waals surface area contributed by atoms with Crippen molar-refractivity contribution in [1.29, 1.82) is 0 Å². The number of hydrogen-bond donors (Lipinski definition) is 2. The molecule has 1 aromatic carbocycles. The average molecular weight is 472 g/mol. The highest BCUT2D eigenvalue weighted by Crippen LogP contribution is 2.40. The van der Waals surface area contributed by atoms with Gasteiger partial charge in [0.05, 0.1) is 16.9 Å². The van der Waals surface area contributed by atoms with Gasteiger partial charge in [0, 0.05) is 48.7 Å². The number of benzene rings is 1. The maximum absolute atomic E-state index is 4.96. The molecule has 0 unspecified atom stereocenters. The first-order valence-electron chi connectivity index (χ1n) is 12.1. The summed E-state index contributed by atoms with van der Waals surface area (Å²) in [7, 11) is 0. The van der Waals surface area contributed by atoms with Crippen molar-refractivity contribution < 1.29 is 0 Å². The van der Waals surface area contributed by atoms with Crippen LogP contribution in [0.4, 0.5) is 17.5 Å². The van der Waals surface area contributed by atoms with Gasteiger partial charge in [0.25, 0.3) is 0 Å². The van der Waals surface area contributed by atoms with E-state index < -0.39 is 0 Å². The van der Waals surface area contributed by atoms with E-state index in [-0.39, 0.29) is 0 Å². The monoisotopic (exact) mass is 471 g/mol. The summed E-state index contributed by atoms with van der Waals surface area (Å²) in [6.07, 6.45) is 8.82. The third kappa shape index (κ3) is 4.48. The molecule has 3 aromatic heterocycles. The molecule has 2 N–H and O–H groups in total. The Morgan fingerprint density at radius 2 is 1.76 bits per heavy atom. The first-order chi connectivity index (χ1) is 16.8. The molecule has 1 aliphatic heterocycles. The van der Waals surface area contributed by atoms with Crippen LogP contribution in [0, 0.1) is 0 Å². The molecule has 0 bridgehead atoms. The second-order valence-corrected chi connectivity index (χ2v) is 10.0. The van der Waals surface area contributed by atoms with Gasteiger partial charge in [-0.15, -0.1) is 0 Å². The largest absolute Gasteiger partial charge is 0.368 e. The van der Waals surface area contributed by atoms with Gasteiger partial charge in [0.15, 0.2) is 0 Å². The van der Waals surface area contributed by atoms with E-state index in [1.54, 1.807) is 11.8 Å². The summed E-state index contributed by atoms with van der Waals surface area (Å²) in [5.41, 5.74) is 2.15. The molecule has 6 rings (SSSR count). The predicted molar refractivity (Wildman–Crippen MR) is 138 cm³/mol. The maximum Gasteiger partial charge on any atom is 0.230 e. The second kappa shape index (κ2) is 9.64. The van der Waals surface area contributed by atoms with Crippen LogP contribution in [0.5, 0.6) is 0 Å². The molecule has 2 fully saturated rings. The van der Waals surface area contributed by atoms with Gasteiger partial charge in [-0.2, -0.15) is 4.98 Å². The van der Waals surface area contributed by atoms with Crippen LogP contribution in [0.2, 0.25) is 0 Å². The maximum atomic E-state index is 4.96. The first-order valence-corrected chi connectivity index (χ1v) is 12.9. The fourth-order valence-corrected chi connectivity index (χ4v) is 5.99. The zero-order chi connectivity index (χ0) is 22.7. The van der Waals surface area contributed by atoms with Crippen molar-refractivity contribution in [1.82, 2.24) is 24.8 Å². The van der Waals surface area contributed by atoms with Crippen LogP contribution in [0.15, 0.2) is 70.8 Å². The lowest BCUT2D eigenvalue weighted by Gasteiger charge is -2.29. The van der Waals surface area contributed by atoms with Crippen molar-refractivity contribution in [3.05, 3.63) is 60.9 Å². The number of nitrogens with one attached hydrogen (secondary N) is 2. The lowest BCUT2D eigenvalue weighted by molar-refractivity contribution is 0.501. The van der Waals surface area contributed by atoms with Crippen LogP contribution < -0.4 is 15.5 Å². The van der Waals surface area contributed by atoms with Crippen molar-refractivity contribution in [3.8, 4) is 0 Å². The highest BCUT2D eigenvalue weighted by Gasteiger charge is 2.23. The van der Waals surface area contributed by atoms with Gasteiger partial charge >= 0.3 is 0 Å². The normalized spacial score (nSPS) is 16.9. The van der Waals surface area contributed by atoms with E-state index in [9.17, 15) is 0 Å². The second-order valence-electron chi connectivity index (χ2n) is 8.94. The molecule has 0 amide bonds. The average Bonchev–Trinajstić information content (AvgIpc) is 3.53. The lowest BCUT2D eigenvalue weighted by Crippen LogP contribution is -2.43. The van der Waals surface area contributed by atoms with E-state index >= 15 is 0 Å². The minimum Gasteiger partial charge on any atom is -0.368 e. The quantitative estimate of drug-likeness (QED) is 0.398. The molecule has 4 heterocycles. The van der Waals surface area contributed by atoms with Crippen LogP contribution in [0.1, 0.15) is 31.7 Å². The third-order valence-corrected chi connectivity index (χ3v) is 7.70. The molecule has 8 heteroatoms. The molecule has 4 aromatic rings. The Bertz CT molecular complexity index is 1240. The van der Waals surface area contributed by atoms with Crippen molar-refractivity contribution in [2.24, 2.45) is 0 Å². The summed E-state index contributed by atoms with van der Waals surface area (Å²) >= 11 is 1.81. The van der Waals surface area contributed by atoms with Gasteiger partial charge in [-0.05, 0) is 43.2 Å². The number of fused-ring (bicyclic) bond motifs is 1. The Kier molecular flexibility index (Phi) is 6.08. The highest BCUT2D eigenvalue weighted by molar-refractivity contribution is 7.99. The standard InChI is InChI=1S/C26H29N7S/c1-2-8-22(9-3-1)34-24-16-19-17-29-26(31-25(19)33(24)20-6-4-5-7-20)30-23-11-10-21(18-28-23)32-14-12-27-13-15-32/h1-3,8-11,16-18,20,27H,4-7,12-15H2,(H,28,29,30,31). The molecule has 1 saturated heterocycles. The zero-order valence-electron chi connectivity index (χ0n) is 19.2. The van der Waals surface area contributed by atoms with Crippen molar-refractivity contribution >= 4 is 40.2 Å². The molecule has 34 heavy (non-hydrogen) atoms. The van der Waals surface area contributed by atoms with Gasteiger partial charge in [-0.3, -0.25) is 0 Å². The molecule has 0 spiro atoms. The topological polar surface area (TPSA) is 70.9 Å². The van der Waals surface area contributed by atoms with E-state index in [0.717, 1.165) is 48.7 Å². The van der Waals surface area contributed by atoms with E-state index in [1.165, 1.54) is 35.6 Å². The molecular weight excluding hydrogens is 442 g/mol. The summed E-state index contributed by atoms with van der Waals surface area (Å²) in [5, 5.41) is 9.02. The van der Waals surface area contributed by atoms with Crippen LogP contribution in [-0.4, -0.2) is 45.7 Å². The molecule has 0 radical (unpaired) electrons. The van der Waals surface area contributed by atoms with Gasteiger partial charge in [0.1, 0.15) is 11.5 Å². The Labute approximate surface area is 204 Å². The summed E-state index contributed by atoms with van der Waals surface area (Å²) in [5.74, 6) is 1.35. The van der Waals surface area contributed by atoms with Crippen molar-refractivity contribution in [2.45, 2.75) is 41.6 Å². The minimum absolute atomic E-state index is 0.489. The van der Waals surface area contributed by atoms with Crippen molar-refractivity contribution in [3.63, 3.8) is 0 Å². The number of aromatic nitrogens is 4. The smallest absolute Gasteiger partial charge is 0.230 e. The van der Waals surface area contributed by atoms with E-state index in [1.807, 2.05) is 18.5 Å². The van der Waals surface area contributed by atoms with Crippen molar-refractivity contribution in [2.75, 3.05) is 36.4 Å². The summed E-state index contributed by atoms with van der Waals surface area (Å²) in [4.78, 5) is 17.8. The van der Waals surface area contributed by atoms with Gasteiger partial charge < -0.3 is 20.1 Å². The molecule has 0 atom stereocenters. The molecule has 7 nitrogen and oxygen atoms in total. The molecule has 1 saturated carbocycles. The Morgan fingerprint density at radius 3 is 2.53 bits per heavy atom. The van der Waals surface area contributed by atoms with Crippen LogP contribution in [0.3, 0.4) is 0 Å². The first kappa shape index (κ1) is 21.4. The van der Waals surface area contributed by atoms with E-state index in [2.05, 4.69) is 72.5 Å². The number of nitrogens with zero attached hydrogens (tertiary/aromatic N) is 5. The number of hydrogen-bond acceptors (Lipinski definition) is 7. The van der Waals surface area contributed by atoms with Crippen LogP contribution in [-0.2, 0) is 0 Å². The fraction of sp³-hybridized carbons (Fsp3) is 0.346. The Hall–Kier alpha value is -3.10. The fourth-order valence-electron chi connectivity index (χ4n) is 4.93. The number of rotatable bonds is 6.